The topological polar surface area (TPSA) is 43.7 Å². The first-order valence-corrected chi connectivity index (χ1v) is 3.64. The summed E-state index contributed by atoms with van der Waals surface area (Å²) in [6.07, 6.45) is 1.29. The second-order valence-corrected chi connectivity index (χ2v) is 2.78. The van der Waals surface area contributed by atoms with Crippen molar-refractivity contribution in [2.24, 2.45) is 0 Å². The Morgan fingerprint density at radius 1 is 1.20 bits per heavy atom. The van der Waals surface area contributed by atoms with Gasteiger partial charge in [0, 0.05) is 0 Å². The predicted octanol–water partition coefficient (Wildman–Crippen LogP) is 0.0290. The Morgan fingerprint density at radius 2 is 1.80 bits per heavy atom. The molecule has 0 aliphatic heterocycles. The normalized spacial score (nSPS) is 11.4. The minimum Gasteiger partial charge on any atom is -0.368 e. The second-order valence-electron chi connectivity index (χ2n) is 2.78. The minimum atomic E-state index is -1.12. The third-order valence-electron chi connectivity index (χ3n) is 1.32. The van der Waals surface area contributed by atoms with Crippen molar-refractivity contribution >= 4 is 0 Å². The summed E-state index contributed by atoms with van der Waals surface area (Å²) in [6.45, 7) is 1.02. The molecule has 0 aliphatic carbocycles. The summed E-state index contributed by atoms with van der Waals surface area (Å²) in [4.78, 5) is 2.09. The van der Waals surface area contributed by atoms with Gasteiger partial charge in [-0.3, -0.25) is 0 Å². The van der Waals surface area contributed by atoms with Crippen molar-refractivity contribution in [2.45, 2.75) is 25.6 Å². The number of nitrogens with zero attached hydrogens (tertiary/aromatic N) is 1. The van der Waals surface area contributed by atoms with Crippen LogP contribution in [0, 0.1) is 0 Å². The van der Waals surface area contributed by atoms with E-state index < -0.39 is 6.29 Å². The number of rotatable bonds is 5. The van der Waals surface area contributed by atoms with Gasteiger partial charge in [0.2, 0.25) is 0 Å². The van der Waals surface area contributed by atoms with Crippen LogP contribution < -0.4 is 0 Å². The number of unbranched alkanes of at least 4 members (excludes halogenated alkanes) is 1. The molecular formula is C7H17NO2. The summed E-state index contributed by atoms with van der Waals surface area (Å²) in [5.74, 6) is 0. The SMILES string of the molecule is CN(C)CCCCC(O)O. The van der Waals surface area contributed by atoms with E-state index in [1.807, 2.05) is 14.1 Å². The Kier molecular flexibility index (Phi) is 5.58. The number of aliphatic hydroxyl groups excluding tert-OH is 1. The van der Waals surface area contributed by atoms with Crippen molar-refractivity contribution in [3.05, 3.63) is 0 Å². The lowest BCUT2D eigenvalue weighted by atomic mass is 10.2. The molecule has 3 nitrogen and oxygen atoms in total. The molecule has 3 heteroatoms. The molecule has 10 heavy (non-hydrogen) atoms. The van der Waals surface area contributed by atoms with E-state index in [9.17, 15) is 0 Å². The van der Waals surface area contributed by atoms with Gasteiger partial charge in [-0.25, -0.2) is 0 Å². The molecule has 0 fully saturated rings. The van der Waals surface area contributed by atoms with Crippen LogP contribution >= 0.6 is 0 Å². The fraction of sp³-hybridized carbons (Fsp3) is 1.00. The zero-order chi connectivity index (χ0) is 7.98. The van der Waals surface area contributed by atoms with E-state index in [4.69, 9.17) is 10.2 Å². The van der Waals surface area contributed by atoms with Crippen LogP contribution in [0.5, 0.6) is 0 Å². The molecule has 0 radical (unpaired) electrons. The number of aliphatic hydroxyl groups is 2. The van der Waals surface area contributed by atoms with Gasteiger partial charge in [-0.2, -0.15) is 0 Å². The first-order chi connectivity index (χ1) is 4.63. The summed E-state index contributed by atoms with van der Waals surface area (Å²) in [6, 6.07) is 0. The van der Waals surface area contributed by atoms with Crippen molar-refractivity contribution in [1.29, 1.82) is 0 Å². The Labute approximate surface area is 62.3 Å². The highest BCUT2D eigenvalue weighted by Crippen LogP contribution is 1.98. The van der Waals surface area contributed by atoms with Crippen molar-refractivity contribution in [3.8, 4) is 0 Å². The minimum absolute atomic E-state index is 0.494. The van der Waals surface area contributed by atoms with Gasteiger partial charge in [-0.1, -0.05) is 0 Å². The average molecular weight is 147 g/mol. The molecule has 0 aromatic carbocycles. The Hall–Kier alpha value is -0.120. The van der Waals surface area contributed by atoms with Crippen molar-refractivity contribution in [2.75, 3.05) is 20.6 Å². The summed E-state index contributed by atoms with van der Waals surface area (Å²) in [5.41, 5.74) is 0. The fourth-order valence-electron chi connectivity index (χ4n) is 0.755. The third kappa shape index (κ3) is 7.88. The van der Waals surface area contributed by atoms with E-state index in [2.05, 4.69) is 4.90 Å². The highest BCUT2D eigenvalue weighted by atomic mass is 16.5. The van der Waals surface area contributed by atoms with Gasteiger partial charge in [-0.15, -0.1) is 0 Å². The van der Waals surface area contributed by atoms with Gasteiger partial charge in [-0.05, 0) is 39.9 Å². The first kappa shape index (κ1) is 9.88. The molecule has 0 rings (SSSR count). The smallest absolute Gasteiger partial charge is 0.151 e. The van der Waals surface area contributed by atoms with Gasteiger partial charge in [0.25, 0.3) is 0 Å². The van der Waals surface area contributed by atoms with Gasteiger partial charge < -0.3 is 15.1 Å². The van der Waals surface area contributed by atoms with Crippen LogP contribution in [0.4, 0.5) is 0 Å². The average Bonchev–Trinajstić information content (AvgIpc) is 1.79. The van der Waals surface area contributed by atoms with E-state index in [1.165, 1.54) is 0 Å². The lowest BCUT2D eigenvalue weighted by molar-refractivity contribution is -0.0467. The molecule has 0 heterocycles. The second kappa shape index (κ2) is 5.65. The monoisotopic (exact) mass is 147 g/mol. The maximum absolute atomic E-state index is 8.46. The van der Waals surface area contributed by atoms with Crippen LogP contribution in [-0.2, 0) is 0 Å². The van der Waals surface area contributed by atoms with Gasteiger partial charge in [0.1, 0.15) is 0 Å². The first-order valence-electron chi connectivity index (χ1n) is 3.64. The molecule has 0 aromatic heterocycles. The maximum Gasteiger partial charge on any atom is 0.151 e. The van der Waals surface area contributed by atoms with Crippen molar-refractivity contribution in [3.63, 3.8) is 0 Å². The molecule has 0 spiro atoms. The zero-order valence-corrected chi connectivity index (χ0v) is 6.75. The van der Waals surface area contributed by atoms with E-state index in [1.54, 1.807) is 0 Å². The predicted molar refractivity (Wildman–Crippen MR) is 40.6 cm³/mol. The van der Waals surface area contributed by atoms with Crippen LogP contribution in [0.15, 0.2) is 0 Å². The molecule has 0 saturated carbocycles. The summed E-state index contributed by atoms with van der Waals surface area (Å²) < 4.78 is 0. The lowest BCUT2D eigenvalue weighted by Crippen LogP contribution is -2.13. The molecule has 62 valence electrons. The van der Waals surface area contributed by atoms with Crippen LogP contribution in [0.2, 0.25) is 0 Å². The van der Waals surface area contributed by atoms with Crippen LogP contribution in [0.3, 0.4) is 0 Å². The van der Waals surface area contributed by atoms with E-state index >= 15 is 0 Å². The van der Waals surface area contributed by atoms with Gasteiger partial charge >= 0.3 is 0 Å². The maximum atomic E-state index is 8.46. The van der Waals surface area contributed by atoms with E-state index in [0.717, 1.165) is 19.4 Å². The van der Waals surface area contributed by atoms with Crippen LogP contribution in [-0.4, -0.2) is 42.0 Å². The van der Waals surface area contributed by atoms with Gasteiger partial charge in [0.05, 0.1) is 0 Å². The Balaban J connectivity index is 2.91. The Bertz CT molecular complexity index is 64.0. The van der Waals surface area contributed by atoms with Gasteiger partial charge in [0.15, 0.2) is 6.29 Å². The zero-order valence-electron chi connectivity index (χ0n) is 6.75. The molecular weight excluding hydrogens is 130 g/mol. The lowest BCUT2D eigenvalue weighted by Gasteiger charge is -2.08. The number of hydrogen-bond donors (Lipinski definition) is 2. The quantitative estimate of drug-likeness (QED) is 0.426. The molecule has 0 bridgehead atoms. The number of hydrogen-bond acceptors (Lipinski definition) is 3. The molecule has 0 aliphatic rings. The Morgan fingerprint density at radius 3 is 2.20 bits per heavy atom. The molecule has 0 saturated heterocycles. The van der Waals surface area contributed by atoms with Crippen LogP contribution in [0.25, 0.3) is 0 Å². The van der Waals surface area contributed by atoms with Crippen LogP contribution in [0.1, 0.15) is 19.3 Å². The van der Waals surface area contributed by atoms with E-state index in [0.29, 0.717) is 6.42 Å². The van der Waals surface area contributed by atoms with Crippen molar-refractivity contribution < 1.29 is 10.2 Å². The highest BCUT2D eigenvalue weighted by molar-refractivity contribution is 4.46. The molecule has 0 unspecified atom stereocenters. The largest absolute Gasteiger partial charge is 0.368 e. The van der Waals surface area contributed by atoms with Crippen molar-refractivity contribution in [1.82, 2.24) is 4.90 Å². The molecule has 0 amide bonds. The fourth-order valence-corrected chi connectivity index (χ4v) is 0.755. The summed E-state index contributed by atoms with van der Waals surface area (Å²) >= 11 is 0. The third-order valence-corrected chi connectivity index (χ3v) is 1.32. The van der Waals surface area contributed by atoms with E-state index in [-0.39, 0.29) is 0 Å². The molecule has 0 aromatic rings. The molecule has 0 atom stereocenters. The standard InChI is InChI=1S/C7H17NO2/c1-8(2)6-4-3-5-7(9)10/h7,9-10H,3-6H2,1-2H3. The summed E-state index contributed by atoms with van der Waals surface area (Å²) in [7, 11) is 4.02. The summed E-state index contributed by atoms with van der Waals surface area (Å²) in [5, 5.41) is 16.9. The molecule has 2 N–H and O–H groups in total. The highest BCUT2D eigenvalue weighted by Gasteiger charge is 1.96.